The molecule has 0 aromatic heterocycles. The van der Waals surface area contributed by atoms with E-state index in [1.54, 1.807) is 0 Å². The van der Waals surface area contributed by atoms with E-state index in [0.717, 1.165) is 20.8 Å². The summed E-state index contributed by atoms with van der Waals surface area (Å²) in [5, 5.41) is 57.5. The predicted molar refractivity (Wildman–Crippen MR) is 79.2 cm³/mol. The van der Waals surface area contributed by atoms with Crippen LogP contribution in [0, 0.1) is 10.8 Å². The number of hydrogen-bond donors (Lipinski definition) is 7. The standard InChI is InChI=1S/C5H8O6.C5H8O4.C3H4O3/c6-1-5(2-7,3(8)9)4(10)11;1-5(2,3(6)7)4(8)9;1-2(4)3(5)6/h6-7H,1-2H2,(H,8,9)(H,10,11);1-2H3,(H,6,7)(H,8,9);1H3,(H,5,6). The van der Waals surface area contributed by atoms with Gasteiger partial charge in [0.25, 0.3) is 0 Å². The SMILES string of the molecule is CC(=O)C(=O)O.CC(C)(C(=O)O)C(=O)O.O=C(O)C(CO)(CO)C(=O)O. The van der Waals surface area contributed by atoms with Gasteiger partial charge in [-0.1, -0.05) is 0 Å². The Hall–Kier alpha value is -3.06. The highest BCUT2D eigenvalue weighted by Gasteiger charge is 2.45. The second-order valence-corrected chi connectivity index (χ2v) is 5.11. The van der Waals surface area contributed by atoms with E-state index in [1.165, 1.54) is 0 Å². The van der Waals surface area contributed by atoms with E-state index in [1.807, 2.05) is 0 Å². The number of carbonyl (C=O) groups excluding carboxylic acids is 1. The van der Waals surface area contributed by atoms with Gasteiger partial charge in [0, 0.05) is 6.92 Å². The van der Waals surface area contributed by atoms with Crippen molar-refractivity contribution >= 4 is 35.6 Å². The first-order valence-corrected chi connectivity index (χ1v) is 6.43. The summed E-state index contributed by atoms with van der Waals surface area (Å²) in [7, 11) is 0. The van der Waals surface area contributed by atoms with Gasteiger partial charge in [0.15, 0.2) is 5.41 Å². The molecule has 0 heterocycles. The molecule has 0 aliphatic heterocycles. The summed E-state index contributed by atoms with van der Waals surface area (Å²) in [6.07, 6.45) is 0. The van der Waals surface area contributed by atoms with Crippen molar-refractivity contribution < 1.29 is 64.5 Å². The lowest BCUT2D eigenvalue weighted by Crippen LogP contribution is -2.45. The van der Waals surface area contributed by atoms with Crippen molar-refractivity contribution in [3.05, 3.63) is 0 Å². The molecule has 0 rings (SSSR count). The lowest BCUT2D eigenvalue weighted by molar-refractivity contribution is -0.171. The smallest absolute Gasteiger partial charge is 0.371 e. The molecule has 0 fully saturated rings. The zero-order valence-electron chi connectivity index (χ0n) is 14.0. The Morgan fingerprint density at radius 2 is 0.885 bits per heavy atom. The lowest BCUT2D eigenvalue weighted by atomic mass is 9.91. The van der Waals surface area contributed by atoms with Gasteiger partial charge in [-0.05, 0) is 13.8 Å². The number of carboxylic acid groups (broad SMARTS) is 5. The van der Waals surface area contributed by atoms with Gasteiger partial charge in [-0.3, -0.25) is 24.0 Å². The highest BCUT2D eigenvalue weighted by atomic mass is 16.4. The first-order valence-electron chi connectivity index (χ1n) is 6.43. The molecule has 0 atom stereocenters. The minimum Gasteiger partial charge on any atom is -0.480 e. The second kappa shape index (κ2) is 11.5. The molecular weight excluding hydrogens is 364 g/mol. The van der Waals surface area contributed by atoms with E-state index in [2.05, 4.69) is 0 Å². The van der Waals surface area contributed by atoms with Crippen LogP contribution in [0.4, 0.5) is 0 Å². The molecule has 0 aromatic rings. The number of aliphatic hydroxyl groups is 2. The number of carbonyl (C=O) groups is 6. The maximum Gasteiger partial charge on any atom is 0.371 e. The quantitative estimate of drug-likeness (QED) is 0.185. The first-order chi connectivity index (χ1) is 11.5. The van der Waals surface area contributed by atoms with Gasteiger partial charge in [-0.15, -0.1) is 0 Å². The van der Waals surface area contributed by atoms with Crippen LogP contribution in [0.2, 0.25) is 0 Å². The van der Waals surface area contributed by atoms with Gasteiger partial charge >= 0.3 is 29.8 Å². The van der Waals surface area contributed by atoms with E-state index in [9.17, 15) is 28.8 Å². The molecule has 26 heavy (non-hydrogen) atoms. The summed E-state index contributed by atoms with van der Waals surface area (Å²) in [5.74, 6) is -8.36. The summed E-state index contributed by atoms with van der Waals surface area (Å²) in [5.41, 5.74) is -4.14. The highest BCUT2D eigenvalue weighted by Crippen LogP contribution is 2.15. The van der Waals surface area contributed by atoms with E-state index in [-0.39, 0.29) is 0 Å². The minimum absolute atomic E-state index is 0.824. The van der Waals surface area contributed by atoms with Crippen LogP contribution in [0.5, 0.6) is 0 Å². The fourth-order valence-corrected chi connectivity index (χ4v) is 0.503. The number of aliphatic hydroxyl groups excluding tert-OH is 2. The first kappa shape index (κ1) is 27.8. The predicted octanol–water partition coefficient (Wildman–Crippen LogP) is -2.03. The van der Waals surface area contributed by atoms with Crippen LogP contribution < -0.4 is 0 Å². The van der Waals surface area contributed by atoms with Gasteiger partial charge in [0.05, 0.1) is 13.2 Å². The van der Waals surface area contributed by atoms with Gasteiger partial charge in [0.2, 0.25) is 11.2 Å². The lowest BCUT2D eigenvalue weighted by Gasteiger charge is -2.18. The summed E-state index contributed by atoms with van der Waals surface area (Å²) in [6.45, 7) is 1.01. The van der Waals surface area contributed by atoms with Crippen molar-refractivity contribution in [3.63, 3.8) is 0 Å². The molecule has 0 saturated carbocycles. The summed E-state index contributed by atoms with van der Waals surface area (Å²) in [6, 6.07) is 0. The maximum absolute atomic E-state index is 10.2. The fraction of sp³-hybridized carbons (Fsp3) is 0.538. The summed E-state index contributed by atoms with van der Waals surface area (Å²) >= 11 is 0. The fourth-order valence-electron chi connectivity index (χ4n) is 0.503. The molecule has 0 aliphatic rings. The van der Waals surface area contributed by atoms with Crippen LogP contribution in [-0.4, -0.2) is 84.6 Å². The van der Waals surface area contributed by atoms with Gasteiger partial charge in [0.1, 0.15) is 0 Å². The molecule has 0 aliphatic carbocycles. The van der Waals surface area contributed by atoms with E-state index < -0.39 is 59.7 Å². The van der Waals surface area contributed by atoms with Crippen LogP contribution in [0.15, 0.2) is 0 Å². The van der Waals surface area contributed by atoms with Crippen molar-refractivity contribution in [2.45, 2.75) is 20.8 Å². The number of ketones is 1. The number of Topliss-reactive ketones (excluding diaryl/α,β-unsaturated/α-hetero) is 1. The Kier molecular flexibility index (Phi) is 12.3. The van der Waals surface area contributed by atoms with Crippen molar-refractivity contribution in [1.82, 2.24) is 0 Å². The second-order valence-electron chi connectivity index (χ2n) is 5.11. The van der Waals surface area contributed by atoms with E-state index in [0.29, 0.717) is 0 Å². The Morgan fingerprint density at radius 3 is 0.885 bits per heavy atom. The Balaban J connectivity index is -0.000000319. The van der Waals surface area contributed by atoms with Crippen LogP contribution in [0.3, 0.4) is 0 Å². The van der Waals surface area contributed by atoms with Crippen molar-refractivity contribution in [2.24, 2.45) is 10.8 Å². The Morgan fingerprint density at radius 1 is 0.654 bits per heavy atom. The molecule has 0 bridgehead atoms. The van der Waals surface area contributed by atoms with Gasteiger partial charge in [-0.2, -0.15) is 0 Å². The monoisotopic (exact) mass is 384 g/mol. The van der Waals surface area contributed by atoms with Crippen molar-refractivity contribution in [1.29, 1.82) is 0 Å². The number of carboxylic acids is 5. The molecule has 7 N–H and O–H groups in total. The van der Waals surface area contributed by atoms with E-state index in [4.69, 9.17) is 35.7 Å². The largest absolute Gasteiger partial charge is 0.480 e. The summed E-state index contributed by atoms with van der Waals surface area (Å²) < 4.78 is 0. The van der Waals surface area contributed by atoms with Crippen molar-refractivity contribution in [2.75, 3.05) is 13.2 Å². The Bertz CT molecular complexity index is 512. The third kappa shape index (κ3) is 8.70. The molecular formula is C13H20O13. The van der Waals surface area contributed by atoms with Crippen LogP contribution in [0.25, 0.3) is 0 Å². The van der Waals surface area contributed by atoms with Gasteiger partial charge < -0.3 is 35.7 Å². The van der Waals surface area contributed by atoms with Crippen LogP contribution in [-0.2, 0) is 28.8 Å². The zero-order chi connectivity index (χ0) is 21.9. The molecule has 150 valence electrons. The summed E-state index contributed by atoms with van der Waals surface area (Å²) in [4.78, 5) is 59.5. The third-order valence-electron chi connectivity index (χ3n) is 2.73. The molecule has 13 heteroatoms. The molecule has 0 radical (unpaired) electrons. The third-order valence-corrected chi connectivity index (χ3v) is 2.73. The average molecular weight is 384 g/mol. The Labute approximate surface area is 146 Å². The van der Waals surface area contributed by atoms with Crippen LogP contribution in [0.1, 0.15) is 20.8 Å². The number of aliphatic carboxylic acids is 5. The van der Waals surface area contributed by atoms with E-state index >= 15 is 0 Å². The number of hydrogen-bond acceptors (Lipinski definition) is 8. The molecule has 0 amide bonds. The zero-order valence-corrected chi connectivity index (χ0v) is 14.0. The average Bonchev–Trinajstić information content (AvgIpc) is 2.49. The molecule has 0 spiro atoms. The van der Waals surface area contributed by atoms with Gasteiger partial charge in [-0.25, -0.2) is 4.79 Å². The number of rotatable bonds is 7. The topological polar surface area (TPSA) is 244 Å². The highest BCUT2D eigenvalue weighted by molar-refractivity contribution is 6.31. The van der Waals surface area contributed by atoms with Crippen LogP contribution >= 0.6 is 0 Å². The maximum atomic E-state index is 10.2. The molecule has 0 saturated heterocycles. The van der Waals surface area contributed by atoms with Crippen molar-refractivity contribution in [3.8, 4) is 0 Å². The molecule has 0 unspecified atom stereocenters. The molecule has 13 nitrogen and oxygen atoms in total. The normalized spacial score (nSPS) is 10.2. The molecule has 0 aromatic carbocycles. The minimum atomic E-state index is -2.47.